The quantitative estimate of drug-likeness (QED) is 0.720. The van der Waals surface area contributed by atoms with Gasteiger partial charge in [0.2, 0.25) is 10.0 Å². The molecular weight excluding hydrogens is 318 g/mol. The normalized spacial score (nSPS) is 19.3. The number of urea groups is 1. The van der Waals surface area contributed by atoms with Gasteiger partial charge in [-0.25, -0.2) is 18.4 Å². The first kappa shape index (κ1) is 17.7. The Morgan fingerprint density at radius 3 is 2.87 bits per heavy atom. The topological polar surface area (TPSA) is 111 Å². The Morgan fingerprint density at radius 1 is 1.48 bits per heavy atom. The zero-order valence-electron chi connectivity index (χ0n) is 13.1. The monoisotopic (exact) mass is 341 g/mol. The van der Waals surface area contributed by atoms with Crippen molar-refractivity contribution in [2.45, 2.75) is 30.7 Å². The van der Waals surface area contributed by atoms with E-state index in [1.165, 1.54) is 12.1 Å². The van der Waals surface area contributed by atoms with Crippen molar-refractivity contribution >= 4 is 16.1 Å². The van der Waals surface area contributed by atoms with Crippen molar-refractivity contribution in [3.05, 3.63) is 29.8 Å². The van der Waals surface area contributed by atoms with Gasteiger partial charge in [0.05, 0.1) is 17.5 Å². The van der Waals surface area contributed by atoms with Gasteiger partial charge in [0.15, 0.2) is 0 Å². The van der Waals surface area contributed by atoms with E-state index in [2.05, 4.69) is 10.6 Å². The van der Waals surface area contributed by atoms with E-state index in [-0.39, 0.29) is 17.0 Å². The molecule has 2 amide bonds. The number of carbonyl (C=O) groups excluding carboxylic acids is 1. The minimum atomic E-state index is -3.76. The number of amides is 2. The third-order valence-corrected chi connectivity index (χ3v) is 4.79. The second-order valence-electron chi connectivity index (χ2n) is 5.66. The number of nitrogens with two attached hydrogens (primary N) is 1. The van der Waals surface area contributed by atoms with Gasteiger partial charge in [0.25, 0.3) is 0 Å². The fraction of sp³-hybridized carbons (Fsp3) is 0.533. The smallest absolute Gasteiger partial charge is 0.315 e. The van der Waals surface area contributed by atoms with Crippen molar-refractivity contribution in [2.24, 2.45) is 11.1 Å². The summed E-state index contributed by atoms with van der Waals surface area (Å²) in [5, 5.41) is 10.8. The van der Waals surface area contributed by atoms with E-state index in [9.17, 15) is 13.2 Å². The van der Waals surface area contributed by atoms with Gasteiger partial charge in [0, 0.05) is 19.1 Å². The Hall–Kier alpha value is -1.64. The first-order valence-electron chi connectivity index (χ1n) is 7.65. The molecule has 1 aromatic rings. The zero-order chi connectivity index (χ0) is 16.9. The lowest BCUT2D eigenvalue weighted by Gasteiger charge is -2.19. The predicted molar refractivity (Wildman–Crippen MR) is 86.3 cm³/mol. The molecule has 7 nitrogen and oxygen atoms in total. The molecule has 0 aromatic heterocycles. The van der Waals surface area contributed by atoms with Crippen LogP contribution in [0.3, 0.4) is 0 Å². The van der Waals surface area contributed by atoms with Crippen molar-refractivity contribution in [2.75, 3.05) is 19.8 Å². The summed E-state index contributed by atoms with van der Waals surface area (Å²) in [5.74, 6) is 0.353. The number of carbonyl (C=O) groups is 1. The van der Waals surface area contributed by atoms with Crippen molar-refractivity contribution in [3.63, 3.8) is 0 Å². The minimum absolute atomic E-state index is 0.0405. The molecule has 2 rings (SSSR count). The number of rotatable bonds is 6. The van der Waals surface area contributed by atoms with Crippen LogP contribution in [0.1, 0.15) is 31.4 Å². The van der Waals surface area contributed by atoms with Gasteiger partial charge >= 0.3 is 6.03 Å². The molecule has 2 atom stereocenters. The predicted octanol–water partition coefficient (Wildman–Crippen LogP) is 1.12. The summed E-state index contributed by atoms with van der Waals surface area (Å²) in [4.78, 5) is 12.1. The second-order valence-corrected chi connectivity index (χ2v) is 7.22. The standard InChI is InChI=1S/C15H23N3O4S/c1-2-14(12-4-3-5-13(8-12)23(16,20)21)18-15(19)17-9-11-6-7-22-10-11/h3-5,8,11,14H,2,6-7,9-10H2,1H3,(H2,16,20,21)(H2,17,18,19). The molecule has 0 bridgehead atoms. The molecule has 1 fully saturated rings. The lowest BCUT2D eigenvalue weighted by Crippen LogP contribution is -2.40. The van der Waals surface area contributed by atoms with Crippen LogP contribution in [0.2, 0.25) is 0 Å². The average Bonchev–Trinajstić information content (AvgIpc) is 3.03. The van der Waals surface area contributed by atoms with Crippen LogP contribution in [-0.4, -0.2) is 34.2 Å². The van der Waals surface area contributed by atoms with E-state index in [4.69, 9.17) is 9.88 Å². The van der Waals surface area contributed by atoms with E-state index < -0.39 is 10.0 Å². The molecule has 2 unspecified atom stereocenters. The largest absolute Gasteiger partial charge is 0.381 e. The van der Waals surface area contributed by atoms with Gasteiger partial charge in [-0.2, -0.15) is 0 Å². The van der Waals surface area contributed by atoms with Crippen molar-refractivity contribution in [1.82, 2.24) is 10.6 Å². The summed E-state index contributed by atoms with van der Waals surface area (Å²) in [5.41, 5.74) is 0.707. The van der Waals surface area contributed by atoms with Crippen LogP contribution in [-0.2, 0) is 14.8 Å². The summed E-state index contributed by atoms with van der Waals surface area (Å²) in [6.07, 6.45) is 1.59. The van der Waals surface area contributed by atoms with Gasteiger partial charge in [0.1, 0.15) is 0 Å². The van der Waals surface area contributed by atoms with E-state index in [0.29, 0.717) is 31.1 Å². The second kappa shape index (κ2) is 7.76. The highest BCUT2D eigenvalue weighted by Crippen LogP contribution is 2.19. The maximum absolute atomic E-state index is 12.0. The molecule has 128 valence electrons. The molecule has 8 heteroatoms. The lowest BCUT2D eigenvalue weighted by molar-refractivity contribution is 0.185. The maximum Gasteiger partial charge on any atom is 0.315 e. The summed E-state index contributed by atoms with van der Waals surface area (Å²) >= 11 is 0. The van der Waals surface area contributed by atoms with Crippen LogP contribution in [0.5, 0.6) is 0 Å². The van der Waals surface area contributed by atoms with Crippen molar-refractivity contribution in [1.29, 1.82) is 0 Å². The molecule has 1 aliphatic heterocycles. The Bertz CT molecular complexity index is 642. The molecule has 4 N–H and O–H groups in total. The van der Waals surface area contributed by atoms with Crippen LogP contribution in [0.25, 0.3) is 0 Å². The van der Waals surface area contributed by atoms with E-state index in [0.717, 1.165) is 13.0 Å². The van der Waals surface area contributed by atoms with Crippen molar-refractivity contribution in [3.8, 4) is 0 Å². The molecule has 0 spiro atoms. The Kier molecular flexibility index (Phi) is 5.97. The number of hydrogen-bond acceptors (Lipinski definition) is 4. The van der Waals surface area contributed by atoms with Gasteiger partial charge in [-0.1, -0.05) is 19.1 Å². The summed E-state index contributed by atoms with van der Waals surface area (Å²) in [6.45, 7) is 3.90. The zero-order valence-corrected chi connectivity index (χ0v) is 13.9. The van der Waals surface area contributed by atoms with Crippen LogP contribution in [0, 0.1) is 5.92 Å². The Morgan fingerprint density at radius 2 is 2.26 bits per heavy atom. The minimum Gasteiger partial charge on any atom is -0.381 e. The van der Waals surface area contributed by atoms with Gasteiger partial charge in [-0.15, -0.1) is 0 Å². The van der Waals surface area contributed by atoms with E-state index in [1.807, 2.05) is 6.92 Å². The Labute approximate surface area is 136 Å². The fourth-order valence-corrected chi connectivity index (χ4v) is 3.09. The highest BCUT2D eigenvalue weighted by molar-refractivity contribution is 7.89. The number of ether oxygens (including phenoxy) is 1. The number of sulfonamides is 1. The summed E-state index contributed by atoms with van der Waals surface area (Å²) < 4.78 is 28.1. The SMILES string of the molecule is CCC(NC(=O)NCC1CCOC1)c1cccc(S(N)(=O)=O)c1. The number of benzene rings is 1. The van der Waals surface area contributed by atoms with Gasteiger partial charge < -0.3 is 15.4 Å². The van der Waals surface area contributed by atoms with Crippen molar-refractivity contribution < 1.29 is 17.9 Å². The molecule has 23 heavy (non-hydrogen) atoms. The summed E-state index contributed by atoms with van der Waals surface area (Å²) in [6, 6.07) is 5.77. The highest BCUT2D eigenvalue weighted by atomic mass is 32.2. The molecule has 0 aliphatic carbocycles. The van der Waals surface area contributed by atoms with Crippen LogP contribution in [0.4, 0.5) is 4.79 Å². The number of hydrogen-bond donors (Lipinski definition) is 3. The number of primary sulfonamides is 1. The summed E-state index contributed by atoms with van der Waals surface area (Å²) in [7, 11) is -3.76. The molecule has 1 heterocycles. The third kappa shape index (κ3) is 5.19. The van der Waals surface area contributed by atoms with Crippen LogP contribution < -0.4 is 15.8 Å². The first-order valence-corrected chi connectivity index (χ1v) is 9.19. The first-order chi connectivity index (χ1) is 10.9. The van der Waals surface area contributed by atoms with Gasteiger partial charge in [-0.05, 0) is 30.5 Å². The molecule has 0 radical (unpaired) electrons. The molecule has 0 saturated carbocycles. The van der Waals surface area contributed by atoms with Crippen LogP contribution >= 0.6 is 0 Å². The van der Waals surface area contributed by atoms with E-state index >= 15 is 0 Å². The molecular formula is C15H23N3O4S. The van der Waals surface area contributed by atoms with E-state index in [1.54, 1.807) is 12.1 Å². The fourth-order valence-electron chi connectivity index (χ4n) is 2.52. The molecule has 1 aliphatic rings. The highest BCUT2D eigenvalue weighted by Gasteiger charge is 2.18. The molecule has 1 saturated heterocycles. The maximum atomic E-state index is 12.0. The van der Waals surface area contributed by atoms with Crippen LogP contribution in [0.15, 0.2) is 29.2 Å². The molecule has 1 aromatic carbocycles. The van der Waals surface area contributed by atoms with Gasteiger partial charge in [-0.3, -0.25) is 0 Å². The third-order valence-electron chi connectivity index (χ3n) is 3.88. The number of nitrogens with one attached hydrogen (secondary N) is 2. The average molecular weight is 341 g/mol. The lowest BCUT2D eigenvalue weighted by atomic mass is 10.0. The Balaban J connectivity index is 1.97.